The lowest BCUT2D eigenvalue weighted by molar-refractivity contribution is 0.0728. The summed E-state index contributed by atoms with van der Waals surface area (Å²) in [6.07, 6.45) is 3.78. The summed E-state index contributed by atoms with van der Waals surface area (Å²) in [6, 6.07) is 5.94. The Kier molecular flexibility index (Phi) is 3.06. The number of rotatable bonds is 2. The maximum atomic E-state index is 12.3. The zero-order valence-electron chi connectivity index (χ0n) is 9.82. The summed E-state index contributed by atoms with van der Waals surface area (Å²) in [4.78, 5) is 22.7. The van der Waals surface area contributed by atoms with Crippen molar-refractivity contribution in [1.82, 2.24) is 14.9 Å². The Balaban J connectivity index is 1.86. The lowest BCUT2D eigenvalue weighted by Crippen LogP contribution is -2.31. The first-order valence-electron chi connectivity index (χ1n) is 5.96. The molecule has 2 aromatic heterocycles. The molecule has 1 saturated heterocycles. The van der Waals surface area contributed by atoms with Gasteiger partial charge in [0.25, 0.3) is 5.91 Å². The second-order valence-electron chi connectivity index (χ2n) is 4.28. The molecule has 1 amide bonds. The van der Waals surface area contributed by atoms with Gasteiger partial charge in [-0.3, -0.25) is 9.78 Å². The average molecular weight is 259 g/mol. The van der Waals surface area contributed by atoms with Crippen LogP contribution in [0.25, 0.3) is 0 Å². The Bertz CT molecular complexity index is 526. The second-order valence-corrected chi connectivity index (χ2v) is 5.00. The average Bonchev–Trinajstić information content (AvgIpc) is 3.10. The molecule has 1 atom stereocenters. The number of pyridine rings is 1. The van der Waals surface area contributed by atoms with Crippen molar-refractivity contribution in [3.05, 3.63) is 46.7 Å². The van der Waals surface area contributed by atoms with Crippen molar-refractivity contribution in [1.29, 1.82) is 0 Å². The molecular weight excluding hydrogens is 246 g/mol. The van der Waals surface area contributed by atoms with E-state index >= 15 is 0 Å². The highest BCUT2D eigenvalue weighted by Crippen LogP contribution is 2.31. The predicted octanol–water partition coefficient (Wildman–Crippen LogP) is 2.52. The van der Waals surface area contributed by atoms with E-state index in [1.54, 1.807) is 17.1 Å². The number of hydrogen-bond donors (Lipinski definition) is 0. The van der Waals surface area contributed by atoms with Crippen molar-refractivity contribution in [2.75, 3.05) is 6.54 Å². The maximum absolute atomic E-state index is 12.3. The third kappa shape index (κ3) is 2.01. The minimum atomic E-state index is 0.0180. The lowest BCUT2D eigenvalue weighted by Gasteiger charge is -2.23. The van der Waals surface area contributed by atoms with Gasteiger partial charge in [-0.1, -0.05) is 6.07 Å². The van der Waals surface area contributed by atoms with Crippen molar-refractivity contribution in [3.8, 4) is 0 Å². The molecule has 1 aliphatic heterocycles. The monoisotopic (exact) mass is 259 g/mol. The molecule has 0 aromatic carbocycles. The number of carbonyl (C=O) groups is 1. The highest BCUT2D eigenvalue weighted by Gasteiger charge is 2.31. The molecule has 0 radical (unpaired) electrons. The van der Waals surface area contributed by atoms with Crippen LogP contribution in [-0.4, -0.2) is 27.3 Å². The van der Waals surface area contributed by atoms with Gasteiger partial charge in [-0.25, -0.2) is 4.98 Å². The third-order valence-corrected chi connectivity index (χ3v) is 3.78. The smallest absolute Gasteiger partial charge is 0.273 e. The Morgan fingerprint density at radius 2 is 2.33 bits per heavy atom. The quantitative estimate of drug-likeness (QED) is 0.832. The van der Waals surface area contributed by atoms with E-state index in [0.29, 0.717) is 5.69 Å². The van der Waals surface area contributed by atoms with Gasteiger partial charge in [-0.2, -0.15) is 0 Å². The normalized spacial score (nSPS) is 19.1. The highest BCUT2D eigenvalue weighted by atomic mass is 32.1. The summed E-state index contributed by atoms with van der Waals surface area (Å²) in [7, 11) is 0. The fourth-order valence-corrected chi connectivity index (χ4v) is 2.88. The van der Waals surface area contributed by atoms with E-state index in [2.05, 4.69) is 9.97 Å². The molecule has 0 spiro atoms. The van der Waals surface area contributed by atoms with Gasteiger partial charge in [0.15, 0.2) is 0 Å². The van der Waals surface area contributed by atoms with E-state index in [9.17, 15) is 4.79 Å². The minimum absolute atomic E-state index is 0.0180. The van der Waals surface area contributed by atoms with Crippen LogP contribution in [0, 0.1) is 0 Å². The van der Waals surface area contributed by atoms with Gasteiger partial charge in [0.1, 0.15) is 5.69 Å². The fourth-order valence-electron chi connectivity index (χ4n) is 2.36. The molecule has 4 nitrogen and oxygen atoms in total. The number of carbonyl (C=O) groups excluding carboxylic acids is 1. The van der Waals surface area contributed by atoms with E-state index in [1.165, 1.54) is 11.3 Å². The van der Waals surface area contributed by atoms with Crippen molar-refractivity contribution in [2.24, 2.45) is 0 Å². The van der Waals surface area contributed by atoms with Crippen LogP contribution < -0.4 is 0 Å². The maximum Gasteiger partial charge on any atom is 0.273 e. The summed E-state index contributed by atoms with van der Waals surface area (Å²) in [5.41, 5.74) is 3.21. The molecule has 5 heteroatoms. The number of nitrogens with zero attached hydrogens (tertiary/aromatic N) is 3. The van der Waals surface area contributed by atoms with Crippen LogP contribution in [0.3, 0.4) is 0 Å². The molecule has 3 heterocycles. The summed E-state index contributed by atoms with van der Waals surface area (Å²) in [5.74, 6) is 0.0180. The topological polar surface area (TPSA) is 46.1 Å². The first-order chi connectivity index (χ1) is 8.86. The molecule has 2 aromatic rings. The van der Waals surface area contributed by atoms with Gasteiger partial charge in [0, 0.05) is 18.1 Å². The Labute approximate surface area is 109 Å². The summed E-state index contributed by atoms with van der Waals surface area (Å²) in [5, 5.41) is 1.80. The number of amides is 1. The summed E-state index contributed by atoms with van der Waals surface area (Å²) in [6.45, 7) is 0.789. The number of likely N-dealkylation sites (tertiary alicyclic amines) is 1. The SMILES string of the molecule is O=C(c1cscn1)N1CCC[C@@H]1c1ccccn1. The highest BCUT2D eigenvalue weighted by molar-refractivity contribution is 7.07. The Morgan fingerprint density at radius 1 is 1.39 bits per heavy atom. The van der Waals surface area contributed by atoms with Crippen LogP contribution in [0.15, 0.2) is 35.3 Å². The predicted molar refractivity (Wildman–Crippen MR) is 69.4 cm³/mol. The van der Waals surface area contributed by atoms with Gasteiger partial charge >= 0.3 is 0 Å². The van der Waals surface area contributed by atoms with E-state index in [1.807, 2.05) is 23.1 Å². The first kappa shape index (κ1) is 11.3. The molecule has 92 valence electrons. The van der Waals surface area contributed by atoms with Gasteiger partial charge < -0.3 is 4.90 Å². The second kappa shape index (κ2) is 4.86. The summed E-state index contributed by atoms with van der Waals surface area (Å²) < 4.78 is 0. The lowest BCUT2D eigenvalue weighted by atomic mass is 10.1. The molecule has 0 saturated carbocycles. The van der Waals surface area contributed by atoms with Crippen molar-refractivity contribution >= 4 is 17.2 Å². The fraction of sp³-hybridized carbons (Fsp3) is 0.308. The standard InChI is InChI=1S/C13H13N3OS/c17-13(11-8-18-9-15-11)16-7-3-5-12(16)10-4-1-2-6-14-10/h1-2,4,6,8-9,12H,3,5,7H2/t12-/m1/s1. The van der Waals surface area contributed by atoms with Gasteiger partial charge in [-0.15, -0.1) is 11.3 Å². The van der Waals surface area contributed by atoms with Crippen LogP contribution in [0.1, 0.15) is 35.1 Å². The van der Waals surface area contributed by atoms with Crippen LogP contribution in [0.5, 0.6) is 0 Å². The van der Waals surface area contributed by atoms with Crippen LogP contribution >= 0.6 is 11.3 Å². The van der Waals surface area contributed by atoms with Crippen molar-refractivity contribution in [2.45, 2.75) is 18.9 Å². The molecule has 18 heavy (non-hydrogen) atoms. The molecule has 1 aliphatic rings. The van der Waals surface area contributed by atoms with Crippen molar-refractivity contribution in [3.63, 3.8) is 0 Å². The number of thiazole rings is 1. The zero-order chi connectivity index (χ0) is 12.4. The first-order valence-corrected chi connectivity index (χ1v) is 6.90. The Hall–Kier alpha value is -1.75. The Morgan fingerprint density at radius 3 is 3.06 bits per heavy atom. The third-order valence-electron chi connectivity index (χ3n) is 3.19. The molecule has 0 unspecified atom stereocenters. The van der Waals surface area contributed by atoms with E-state index < -0.39 is 0 Å². The number of hydrogen-bond acceptors (Lipinski definition) is 4. The molecule has 3 rings (SSSR count). The van der Waals surface area contributed by atoms with E-state index in [-0.39, 0.29) is 11.9 Å². The molecule has 0 N–H and O–H groups in total. The summed E-state index contributed by atoms with van der Waals surface area (Å²) >= 11 is 1.45. The van der Waals surface area contributed by atoms with E-state index in [0.717, 1.165) is 25.1 Å². The van der Waals surface area contributed by atoms with Crippen LogP contribution in [0.4, 0.5) is 0 Å². The van der Waals surface area contributed by atoms with Crippen LogP contribution in [-0.2, 0) is 0 Å². The number of aromatic nitrogens is 2. The van der Waals surface area contributed by atoms with Gasteiger partial charge in [0.05, 0.1) is 17.2 Å². The zero-order valence-corrected chi connectivity index (χ0v) is 10.6. The molecule has 0 aliphatic carbocycles. The van der Waals surface area contributed by atoms with Crippen molar-refractivity contribution < 1.29 is 4.79 Å². The largest absolute Gasteiger partial charge is 0.329 e. The van der Waals surface area contributed by atoms with Crippen LogP contribution in [0.2, 0.25) is 0 Å². The van der Waals surface area contributed by atoms with E-state index in [4.69, 9.17) is 0 Å². The molecular formula is C13H13N3OS. The van der Waals surface area contributed by atoms with Gasteiger partial charge in [-0.05, 0) is 25.0 Å². The minimum Gasteiger partial charge on any atom is -0.329 e. The van der Waals surface area contributed by atoms with Gasteiger partial charge in [0.2, 0.25) is 0 Å². The molecule has 0 bridgehead atoms. The molecule has 1 fully saturated rings.